The molecule has 11 heteroatoms. The number of nitrogens with one attached hydrogen (secondary N) is 2. The molecule has 3 aromatic carbocycles. The zero-order valence-electron chi connectivity index (χ0n) is 19.8. The van der Waals surface area contributed by atoms with Crippen LogP contribution in [0.3, 0.4) is 0 Å². The minimum atomic E-state index is -4.04. The standard InChI is InChI=1S/C26H24N4O5S2/c1-20-10-14-24(15-11-20)37(34,35)30(22-7-3-2-4-8-22)19-26(31)28-21-12-16-23(17-13-21)36(32,33)29-25-9-5-6-18-27-25/h2-18H,19H2,1H3,(H,27,29)(H,28,31). The fourth-order valence-corrected chi connectivity index (χ4v) is 5.84. The molecule has 4 rings (SSSR count). The number of sulfonamides is 2. The van der Waals surface area contributed by atoms with E-state index in [1.54, 1.807) is 54.6 Å². The lowest BCUT2D eigenvalue weighted by Gasteiger charge is -2.24. The molecular weight excluding hydrogens is 512 g/mol. The molecule has 0 atom stereocenters. The van der Waals surface area contributed by atoms with E-state index in [1.807, 2.05) is 6.92 Å². The SMILES string of the molecule is Cc1ccc(S(=O)(=O)N(CC(=O)Nc2ccc(S(=O)(=O)Nc3ccccn3)cc2)c2ccccc2)cc1. The predicted molar refractivity (Wildman–Crippen MR) is 142 cm³/mol. The summed E-state index contributed by atoms with van der Waals surface area (Å²) in [6.45, 7) is 1.37. The van der Waals surface area contributed by atoms with Crippen molar-refractivity contribution >= 4 is 43.1 Å². The van der Waals surface area contributed by atoms with Crippen LogP contribution >= 0.6 is 0 Å². The van der Waals surface area contributed by atoms with E-state index in [9.17, 15) is 21.6 Å². The first-order chi connectivity index (χ1) is 17.6. The number of aryl methyl sites for hydroxylation is 1. The van der Waals surface area contributed by atoms with E-state index < -0.39 is 32.5 Å². The lowest BCUT2D eigenvalue weighted by atomic mass is 10.2. The number of pyridine rings is 1. The first-order valence-electron chi connectivity index (χ1n) is 11.1. The third kappa shape index (κ3) is 6.32. The minimum Gasteiger partial charge on any atom is -0.325 e. The average Bonchev–Trinajstić information content (AvgIpc) is 2.88. The molecule has 0 aliphatic carbocycles. The van der Waals surface area contributed by atoms with Gasteiger partial charge in [0, 0.05) is 11.9 Å². The van der Waals surface area contributed by atoms with Crippen LogP contribution < -0.4 is 14.3 Å². The lowest BCUT2D eigenvalue weighted by Crippen LogP contribution is -2.38. The Morgan fingerprint density at radius 2 is 1.41 bits per heavy atom. The van der Waals surface area contributed by atoms with Crippen LogP contribution in [0.2, 0.25) is 0 Å². The van der Waals surface area contributed by atoms with Gasteiger partial charge in [0.2, 0.25) is 5.91 Å². The summed E-state index contributed by atoms with van der Waals surface area (Å²) in [6.07, 6.45) is 1.47. The second-order valence-corrected chi connectivity index (χ2v) is 11.6. The normalized spacial score (nSPS) is 11.5. The molecule has 0 aliphatic heterocycles. The van der Waals surface area contributed by atoms with Gasteiger partial charge in [-0.3, -0.25) is 13.8 Å². The molecule has 1 heterocycles. The van der Waals surface area contributed by atoms with Crippen LogP contribution in [0.25, 0.3) is 0 Å². The quantitative estimate of drug-likeness (QED) is 0.333. The number of carbonyl (C=O) groups is 1. The highest BCUT2D eigenvalue weighted by Gasteiger charge is 2.27. The Morgan fingerprint density at radius 3 is 2.03 bits per heavy atom. The van der Waals surface area contributed by atoms with E-state index in [0.29, 0.717) is 11.4 Å². The van der Waals surface area contributed by atoms with Crippen LogP contribution in [0.1, 0.15) is 5.56 Å². The van der Waals surface area contributed by atoms with Crippen molar-refractivity contribution in [1.82, 2.24) is 4.98 Å². The second kappa shape index (κ2) is 10.8. The summed E-state index contributed by atoms with van der Waals surface area (Å²) >= 11 is 0. The summed E-state index contributed by atoms with van der Waals surface area (Å²) in [5.41, 5.74) is 1.55. The van der Waals surface area contributed by atoms with Crippen LogP contribution in [0.5, 0.6) is 0 Å². The van der Waals surface area contributed by atoms with E-state index >= 15 is 0 Å². The third-order valence-corrected chi connectivity index (χ3v) is 8.45. The Morgan fingerprint density at radius 1 is 0.784 bits per heavy atom. The van der Waals surface area contributed by atoms with Gasteiger partial charge in [-0.25, -0.2) is 21.8 Å². The van der Waals surface area contributed by atoms with Gasteiger partial charge < -0.3 is 5.32 Å². The number of aromatic nitrogens is 1. The number of carbonyl (C=O) groups excluding carboxylic acids is 1. The number of para-hydroxylation sites is 1. The zero-order valence-corrected chi connectivity index (χ0v) is 21.4. The molecule has 1 amide bonds. The van der Waals surface area contributed by atoms with E-state index in [-0.39, 0.29) is 15.6 Å². The number of hydrogen-bond donors (Lipinski definition) is 2. The van der Waals surface area contributed by atoms with Crippen molar-refractivity contribution < 1.29 is 21.6 Å². The lowest BCUT2D eigenvalue weighted by molar-refractivity contribution is -0.114. The van der Waals surface area contributed by atoms with Gasteiger partial charge in [-0.15, -0.1) is 0 Å². The van der Waals surface area contributed by atoms with Gasteiger partial charge in [-0.1, -0.05) is 42.0 Å². The highest BCUT2D eigenvalue weighted by Crippen LogP contribution is 2.24. The van der Waals surface area contributed by atoms with Gasteiger partial charge in [0.25, 0.3) is 20.0 Å². The number of benzene rings is 3. The van der Waals surface area contributed by atoms with Crippen molar-refractivity contribution in [2.45, 2.75) is 16.7 Å². The molecule has 1 aromatic heterocycles. The van der Waals surface area contributed by atoms with Gasteiger partial charge in [0.05, 0.1) is 15.5 Å². The van der Waals surface area contributed by atoms with Crippen molar-refractivity contribution in [3.8, 4) is 0 Å². The minimum absolute atomic E-state index is 0.0241. The summed E-state index contributed by atoms with van der Waals surface area (Å²) in [6, 6.07) is 25.1. The molecule has 0 fully saturated rings. The Labute approximate surface area is 215 Å². The Hall–Kier alpha value is -4.22. The molecule has 0 saturated carbocycles. The summed E-state index contributed by atoms with van der Waals surface area (Å²) in [5.74, 6) is -0.419. The number of rotatable bonds is 9. The molecule has 190 valence electrons. The Kier molecular flexibility index (Phi) is 7.55. The van der Waals surface area contributed by atoms with Crippen LogP contribution in [-0.2, 0) is 24.8 Å². The maximum atomic E-state index is 13.4. The summed E-state index contributed by atoms with van der Waals surface area (Å²) in [7, 11) is -7.91. The van der Waals surface area contributed by atoms with Crippen LogP contribution in [0, 0.1) is 6.92 Å². The van der Waals surface area contributed by atoms with E-state index in [4.69, 9.17) is 0 Å². The summed E-state index contributed by atoms with van der Waals surface area (Å²) in [4.78, 5) is 16.9. The summed E-state index contributed by atoms with van der Waals surface area (Å²) in [5, 5.41) is 2.63. The highest BCUT2D eigenvalue weighted by molar-refractivity contribution is 7.93. The third-order valence-electron chi connectivity index (χ3n) is 5.29. The fourth-order valence-electron chi connectivity index (χ4n) is 3.41. The predicted octanol–water partition coefficient (Wildman–Crippen LogP) is 4.02. The molecule has 0 aliphatic rings. The maximum absolute atomic E-state index is 13.4. The first-order valence-corrected chi connectivity index (χ1v) is 14.1. The molecule has 2 N–H and O–H groups in total. The Balaban J connectivity index is 1.51. The molecular formula is C26H24N4O5S2. The fraction of sp³-hybridized carbons (Fsp3) is 0.0769. The zero-order chi connectivity index (χ0) is 26.5. The number of hydrogen-bond acceptors (Lipinski definition) is 6. The number of nitrogens with zero attached hydrogens (tertiary/aromatic N) is 2. The van der Waals surface area contributed by atoms with Crippen molar-refractivity contribution in [2.75, 3.05) is 20.9 Å². The molecule has 0 saturated heterocycles. The smallest absolute Gasteiger partial charge is 0.264 e. The van der Waals surface area contributed by atoms with Crippen LogP contribution in [0.4, 0.5) is 17.2 Å². The van der Waals surface area contributed by atoms with Gasteiger partial charge >= 0.3 is 0 Å². The topological polar surface area (TPSA) is 126 Å². The van der Waals surface area contributed by atoms with E-state index in [2.05, 4.69) is 15.0 Å². The van der Waals surface area contributed by atoms with Gasteiger partial charge in [-0.2, -0.15) is 0 Å². The second-order valence-electron chi connectivity index (χ2n) is 8.05. The molecule has 0 radical (unpaired) electrons. The molecule has 37 heavy (non-hydrogen) atoms. The van der Waals surface area contributed by atoms with Crippen molar-refractivity contribution in [3.63, 3.8) is 0 Å². The molecule has 0 spiro atoms. The molecule has 0 unspecified atom stereocenters. The van der Waals surface area contributed by atoms with Crippen LogP contribution in [0.15, 0.2) is 113 Å². The molecule has 9 nitrogen and oxygen atoms in total. The Bertz CT molecular complexity index is 1580. The van der Waals surface area contributed by atoms with Crippen LogP contribution in [-0.4, -0.2) is 34.3 Å². The van der Waals surface area contributed by atoms with Gasteiger partial charge in [0.1, 0.15) is 12.4 Å². The number of amides is 1. The summed E-state index contributed by atoms with van der Waals surface area (Å²) < 4.78 is 55.4. The number of anilines is 3. The largest absolute Gasteiger partial charge is 0.325 e. The monoisotopic (exact) mass is 536 g/mol. The van der Waals surface area contributed by atoms with Crippen molar-refractivity contribution in [2.24, 2.45) is 0 Å². The first kappa shape index (κ1) is 25.9. The highest BCUT2D eigenvalue weighted by atomic mass is 32.2. The van der Waals surface area contributed by atoms with E-state index in [1.165, 1.54) is 48.7 Å². The van der Waals surface area contributed by atoms with Gasteiger partial charge in [-0.05, 0) is 67.6 Å². The van der Waals surface area contributed by atoms with Gasteiger partial charge in [0.15, 0.2) is 0 Å². The molecule has 4 aromatic rings. The maximum Gasteiger partial charge on any atom is 0.264 e. The van der Waals surface area contributed by atoms with E-state index in [0.717, 1.165) is 9.87 Å². The average molecular weight is 537 g/mol. The molecule has 0 bridgehead atoms. The van der Waals surface area contributed by atoms with Crippen molar-refractivity contribution in [3.05, 3.63) is 109 Å². The van der Waals surface area contributed by atoms with Crippen molar-refractivity contribution in [1.29, 1.82) is 0 Å².